The summed E-state index contributed by atoms with van der Waals surface area (Å²) in [5.74, 6) is -0.722. The van der Waals surface area contributed by atoms with Crippen LogP contribution in [-0.4, -0.2) is 39.9 Å². The van der Waals surface area contributed by atoms with Crippen LogP contribution in [-0.2, 0) is 4.79 Å². The molecule has 2 aliphatic heterocycles. The van der Waals surface area contributed by atoms with E-state index in [0.717, 1.165) is 5.69 Å². The number of aryl methyl sites for hydroxylation is 1. The third-order valence-corrected chi connectivity index (χ3v) is 7.06. The molecule has 9 heteroatoms. The van der Waals surface area contributed by atoms with E-state index in [2.05, 4.69) is 10.9 Å². The molecule has 0 bridgehead atoms. The number of hydrazine groups is 1. The zero-order chi connectivity index (χ0) is 23.8. The van der Waals surface area contributed by atoms with Gasteiger partial charge in [0.15, 0.2) is 11.0 Å². The van der Waals surface area contributed by atoms with E-state index in [4.69, 9.17) is 4.99 Å². The summed E-state index contributed by atoms with van der Waals surface area (Å²) < 4.78 is 16.2. The van der Waals surface area contributed by atoms with Crippen LogP contribution in [0, 0.1) is 25.6 Å². The smallest absolute Gasteiger partial charge is 0.241 e. The van der Waals surface area contributed by atoms with E-state index < -0.39 is 0 Å². The van der Waals surface area contributed by atoms with Gasteiger partial charge in [-0.25, -0.2) is 14.8 Å². The summed E-state index contributed by atoms with van der Waals surface area (Å²) in [5.41, 5.74) is 9.14. The number of amidine groups is 1. The van der Waals surface area contributed by atoms with Crippen molar-refractivity contribution in [2.24, 2.45) is 10.9 Å². The van der Waals surface area contributed by atoms with E-state index in [1.54, 1.807) is 33.7 Å². The van der Waals surface area contributed by atoms with Gasteiger partial charge in [-0.15, -0.1) is 0 Å². The number of thioether (sulfide) groups is 1. The Hall–Kier alpha value is -3.27. The van der Waals surface area contributed by atoms with E-state index in [1.807, 2.05) is 44.2 Å². The Morgan fingerprint density at radius 3 is 2.65 bits per heavy atom. The summed E-state index contributed by atoms with van der Waals surface area (Å²) in [6, 6.07) is 17.6. The summed E-state index contributed by atoms with van der Waals surface area (Å²) in [6.07, 6.45) is -0.365. The van der Waals surface area contributed by atoms with Crippen LogP contribution in [0.15, 0.2) is 65.7 Å². The molecule has 1 fully saturated rings. The third kappa shape index (κ3) is 3.96. The van der Waals surface area contributed by atoms with Gasteiger partial charge in [-0.05, 0) is 44.2 Å². The van der Waals surface area contributed by atoms with Gasteiger partial charge in [0.05, 0.1) is 23.0 Å². The summed E-state index contributed by atoms with van der Waals surface area (Å²) >= 11 is 1.23. The predicted octanol–water partition coefficient (Wildman–Crippen LogP) is 3.60. The molecular formula is C25H24FN5O2S. The highest BCUT2D eigenvalue weighted by atomic mass is 32.2. The number of fused-ring (bicyclic) bond motifs is 1. The second-order valence-corrected chi connectivity index (χ2v) is 9.22. The van der Waals surface area contributed by atoms with E-state index in [9.17, 15) is 14.0 Å². The van der Waals surface area contributed by atoms with E-state index in [1.165, 1.54) is 17.8 Å². The topological polar surface area (TPSA) is 78.7 Å². The van der Waals surface area contributed by atoms with Crippen molar-refractivity contribution in [3.05, 3.63) is 83.4 Å². The van der Waals surface area contributed by atoms with Gasteiger partial charge >= 0.3 is 0 Å². The molecule has 3 heterocycles. The molecular weight excluding hydrogens is 453 g/mol. The first-order chi connectivity index (χ1) is 16.5. The van der Waals surface area contributed by atoms with Gasteiger partial charge < -0.3 is 4.57 Å². The predicted molar refractivity (Wildman–Crippen MR) is 132 cm³/mol. The lowest BCUT2D eigenvalue weighted by Crippen LogP contribution is -2.49. The highest BCUT2D eigenvalue weighted by Crippen LogP contribution is 2.30. The first-order valence-corrected chi connectivity index (χ1v) is 12.0. The average molecular weight is 478 g/mol. The number of amides is 1. The molecule has 2 aliphatic rings. The molecule has 174 valence electrons. The molecule has 5 rings (SSSR count). The Labute approximate surface area is 201 Å². The number of aliphatic imine (C=N–C) groups is 1. The number of halogens is 1. The van der Waals surface area contributed by atoms with Gasteiger partial charge in [0.2, 0.25) is 5.91 Å². The minimum Gasteiger partial charge on any atom is -0.315 e. The van der Waals surface area contributed by atoms with Crippen LogP contribution < -0.4 is 15.8 Å². The maximum atomic E-state index is 14.4. The number of hydrogen-bond acceptors (Lipinski definition) is 6. The number of ketones is 1. The number of nitrogens with one attached hydrogen (secondary N) is 2. The molecule has 2 aromatic carbocycles. The molecule has 0 aliphatic carbocycles. The standard InChI is InChI=1S/C25H24FN5O2S/c1-15-12-18(16(2)30(15)21-11-7-6-10-20(21)26)22(32)14-34-25-28-23-19(13-27-29-23)24(33)31(25)17-8-4-3-5-9-17/h3-12,19,23,27,29H,13-14H2,1-2H3. The molecule has 1 saturated heterocycles. The minimum absolute atomic E-state index is 0.0589. The second-order valence-electron chi connectivity index (χ2n) is 8.28. The number of Topliss-reactive ketones (excluding diaryl/α,β-unsaturated/α-hetero) is 1. The van der Waals surface area contributed by atoms with Crippen LogP contribution in [0.5, 0.6) is 0 Å². The number of aromatic nitrogens is 1. The zero-order valence-electron chi connectivity index (χ0n) is 18.8. The largest absolute Gasteiger partial charge is 0.315 e. The maximum Gasteiger partial charge on any atom is 0.241 e. The van der Waals surface area contributed by atoms with Crippen molar-refractivity contribution < 1.29 is 14.0 Å². The molecule has 34 heavy (non-hydrogen) atoms. The number of carbonyl (C=O) groups excluding carboxylic acids is 2. The summed E-state index contributed by atoms with van der Waals surface area (Å²) in [6.45, 7) is 4.16. The Balaban J connectivity index is 1.41. The lowest BCUT2D eigenvalue weighted by atomic mass is 10.0. The summed E-state index contributed by atoms with van der Waals surface area (Å²) in [5, 5.41) is 0.477. The number of nitrogens with zero attached hydrogens (tertiary/aromatic N) is 3. The van der Waals surface area contributed by atoms with Crippen molar-refractivity contribution in [3.8, 4) is 5.69 Å². The lowest BCUT2D eigenvalue weighted by Gasteiger charge is -2.32. The Morgan fingerprint density at radius 2 is 1.88 bits per heavy atom. The molecule has 2 N–H and O–H groups in total. The quantitative estimate of drug-likeness (QED) is 0.549. The number of anilines is 1. The monoisotopic (exact) mass is 477 g/mol. The van der Waals surface area contributed by atoms with Crippen LogP contribution in [0.4, 0.5) is 10.1 Å². The van der Waals surface area contributed by atoms with Crippen LogP contribution in [0.3, 0.4) is 0 Å². The van der Waals surface area contributed by atoms with Gasteiger partial charge in [0.1, 0.15) is 12.0 Å². The van der Waals surface area contributed by atoms with Crippen molar-refractivity contribution >= 4 is 34.3 Å². The van der Waals surface area contributed by atoms with E-state index in [0.29, 0.717) is 34.3 Å². The molecule has 2 atom stereocenters. The molecule has 0 saturated carbocycles. The van der Waals surface area contributed by atoms with Gasteiger partial charge in [-0.3, -0.25) is 19.9 Å². The fraction of sp³-hybridized carbons (Fsp3) is 0.240. The first-order valence-electron chi connectivity index (χ1n) is 11.0. The molecule has 3 aromatic rings. The van der Waals surface area contributed by atoms with E-state index >= 15 is 0 Å². The van der Waals surface area contributed by atoms with Crippen molar-refractivity contribution in [3.63, 3.8) is 0 Å². The second kappa shape index (κ2) is 9.17. The maximum absolute atomic E-state index is 14.4. The van der Waals surface area contributed by atoms with Gasteiger partial charge in [0.25, 0.3) is 0 Å². The van der Waals surface area contributed by atoms with Crippen LogP contribution in [0.1, 0.15) is 21.7 Å². The van der Waals surface area contributed by atoms with Gasteiger partial charge in [0, 0.05) is 23.5 Å². The molecule has 1 aromatic heterocycles. The minimum atomic E-state index is -0.365. The average Bonchev–Trinajstić information content (AvgIpc) is 3.43. The van der Waals surface area contributed by atoms with Crippen LogP contribution in [0.2, 0.25) is 0 Å². The van der Waals surface area contributed by atoms with Gasteiger partial charge in [-0.2, -0.15) is 0 Å². The fourth-order valence-electron chi connectivity index (χ4n) is 4.44. The van der Waals surface area contributed by atoms with Crippen LogP contribution >= 0.6 is 11.8 Å². The number of benzene rings is 2. The SMILES string of the molecule is Cc1cc(C(=O)CSC2=NC3NNCC3C(=O)N2c2ccccc2)c(C)n1-c1ccccc1F. The highest BCUT2D eigenvalue weighted by Gasteiger charge is 2.42. The number of rotatable bonds is 5. The number of carbonyl (C=O) groups is 2. The Kier molecular flexibility index (Phi) is 6.07. The third-order valence-electron chi connectivity index (χ3n) is 6.10. The molecule has 0 spiro atoms. The van der Waals surface area contributed by atoms with Crippen molar-refractivity contribution in [1.29, 1.82) is 0 Å². The van der Waals surface area contributed by atoms with Gasteiger partial charge in [-0.1, -0.05) is 42.1 Å². The van der Waals surface area contributed by atoms with E-state index in [-0.39, 0.29) is 35.3 Å². The van der Waals surface area contributed by atoms with Crippen molar-refractivity contribution in [2.75, 3.05) is 17.2 Å². The molecule has 1 amide bonds. The number of para-hydroxylation sites is 2. The highest BCUT2D eigenvalue weighted by molar-refractivity contribution is 8.14. The first kappa shape index (κ1) is 22.5. The van der Waals surface area contributed by atoms with Crippen molar-refractivity contribution in [1.82, 2.24) is 15.4 Å². The summed E-state index contributed by atoms with van der Waals surface area (Å²) in [7, 11) is 0. The fourth-order valence-corrected chi connectivity index (χ4v) is 5.37. The van der Waals surface area contributed by atoms with Crippen molar-refractivity contribution in [2.45, 2.75) is 20.0 Å². The summed E-state index contributed by atoms with van der Waals surface area (Å²) in [4.78, 5) is 32.8. The zero-order valence-corrected chi connectivity index (χ0v) is 19.6. The van der Waals surface area contributed by atoms with Crippen LogP contribution in [0.25, 0.3) is 5.69 Å². The molecule has 2 unspecified atom stereocenters. The molecule has 7 nitrogen and oxygen atoms in total. The number of hydrogen-bond donors (Lipinski definition) is 2. The normalized spacial score (nSPS) is 19.8. The lowest BCUT2D eigenvalue weighted by molar-refractivity contribution is -0.121. The Bertz CT molecular complexity index is 1290. The molecule has 0 radical (unpaired) electrons. The Morgan fingerprint density at radius 1 is 1.15 bits per heavy atom.